The first-order chi connectivity index (χ1) is 9.47. The maximum atomic E-state index is 12.9. The lowest BCUT2D eigenvalue weighted by Gasteiger charge is -2.14. The Morgan fingerprint density at radius 3 is 2.60 bits per heavy atom. The molecule has 0 unspecified atom stereocenters. The average Bonchev–Trinajstić information content (AvgIpc) is 2.87. The van der Waals surface area contributed by atoms with Gasteiger partial charge in [-0.25, -0.2) is 9.37 Å². The molecule has 0 N–H and O–H groups in total. The van der Waals surface area contributed by atoms with Gasteiger partial charge in [-0.3, -0.25) is 4.79 Å². The standard InChI is InChI=1S/C14H15FN2O2S/c1-9(13(18)17(2)3)20-14-16-8-12(19-14)10-4-6-11(15)7-5-10/h4-9H,1-3H3/t9-/m0/s1. The summed E-state index contributed by atoms with van der Waals surface area (Å²) in [6.45, 7) is 1.80. The molecule has 2 rings (SSSR count). The Hall–Kier alpha value is -1.82. The lowest BCUT2D eigenvalue weighted by atomic mass is 10.2. The third-order valence-corrected chi connectivity index (χ3v) is 3.62. The van der Waals surface area contributed by atoms with Gasteiger partial charge in [0.25, 0.3) is 5.22 Å². The van der Waals surface area contributed by atoms with Gasteiger partial charge in [-0.1, -0.05) is 11.8 Å². The Morgan fingerprint density at radius 1 is 1.35 bits per heavy atom. The van der Waals surface area contributed by atoms with Crippen molar-refractivity contribution in [2.24, 2.45) is 0 Å². The van der Waals surface area contributed by atoms with E-state index < -0.39 is 0 Å². The molecule has 0 aliphatic heterocycles. The SMILES string of the molecule is C[C@H](Sc1ncc(-c2ccc(F)cc2)o1)C(=O)N(C)C. The van der Waals surface area contributed by atoms with Gasteiger partial charge in [0, 0.05) is 19.7 Å². The predicted molar refractivity (Wildman–Crippen MR) is 75.9 cm³/mol. The molecule has 4 nitrogen and oxygen atoms in total. The van der Waals surface area contributed by atoms with Gasteiger partial charge in [0.15, 0.2) is 5.76 Å². The van der Waals surface area contributed by atoms with Crippen LogP contribution in [0.15, 0.2) is 40.1 Å². The van der Waals surface area contributed by atoms with Gasteiger partial charge in [0.05, 0.1) is 11.4 Å². The van der Waals surface area contributed by atoms with Crippen LogP contribution in [0.25, 0.3) is 11.3 Å². The second-order valence-electron chi connectivity index (χ2n) is 4.49. The molecule has 0 bridgehead atoms. The summed E-state index contributed by atoms with van der Waals surface area (Å²) in [6, 6.07) is 5.98. The number of oxazole rings is 1. The molecule has 1 aromatic carbocycles. The summed E-state index contributed by atoms with van der Waals surface area (Å²) in [7, 11) is 3.41. The highest BCUT2D eigenvalue weighted by atomic mass is 32.2. The number of aromatic nitrogens is 1. The van der Waals surface area contributed by atoms with E-state index in [1.54, 1.807) is 39.3 Å². The van der Waals surface area contributed by atoms with E-state index in [1.807, 2.05) is 0 Å². The van der Waals surface area contributed by atoms with E-state index in [0.717, 1.165) is 5.56 Å². The zero-order valence-electron chi connectivity index (χ0n) is 11.5. The van der Waals surface area contributed by atoms with Crippen LogP contribution in [0.3, 0.4) is 0 Å². The molecule has 20 heavy (non-hydrogen) atoms. The molecule has 0 radical (unpaired) electrons. The fourth-order valence-electron chi connectivity index (χ4n) is 1.63. The molecule has 1 atom stereocenters. The lowest BCUT2D eigenvalue weighted by molar-refractivity contribution is -0.127. The van der Waals surface area contributed by atoms with E-state index in [9.17, 15) is 9.18 Å². The number of rotatable bonds is 4. The van der Waals surface area contributed by atoms with Gasteiger partial charge in [0.2, 0.25) is 5.91 Å². The summed E-state index contributed by atoms with van der Waals surface area (Å²) < 4.78 is 18.4. The smallest absolute Gasteiger partial charge is 0.256 e. The first kappa shape index (κ1) is 14.6. The van der Waals surface area contributed by atoms with Gasteiger partial charge in [-0.15, -0.1) is 0 Å². The average molecular weight is 294 g/mol. The van der Waals surface area contributed by atoms with E-state index in [-0.39, 0.29) is 17.0 Å². The number of halogens is 1. The zero-order valence-corrected chi connectivity index (χ0v) is 12.3. The van der Waals surface area contributed by atoms with Crippen LogP contribution in [0, 0.1) is 5.82 Å². The Balaban J connectivity index is 2.09. The number of benzene rings is 1. The van der Waals surface area contributed by atoms with Crippen LogP contribution in [0.5, 0.6) is 0 Å². The van der Waals surface area contributed by atoms with Gasteiger partial charge in [0.1, 0.15) is 5.82 Å². The first-order valence-corrected chi connectivity index (χ1v) is 6.95. The van der Waals surface area contributed by atoms with E-state index in [0.29, 0.717) is 11.0 Å². The number of nitrogens with zero attached hydrogens (tertiary/aromatic N) is 2. The quantitative estimate of drug-likeness (QED) is 0.813. The molecule has 0 saturated carbocycles. The van der Waals surface area contributed by atoms with Gasteiger partial charge in [-0.05, 0) is 31.2 Å². The highest BCUT2D eigenvalue weighted by molar-refractivity contribution is 8.00. The van der Waals surface area contributed by atoms with E-state index in [2.05, 4.69) is 4.98 Å². The maximum Gasteiger partial charge on any atom is 0.256 e. The van der Waals surface area contributed by atoms with Crippen molar-refractivity contribution in [3.63, 3.8) is 0 Å². The summed E-state index contributed by atoms with van der Waals surface area (Å²) in [4.78, 5) is 17.4. The molecule has 1 aromatic heterocycles. The first-order valence-electron chi connectivity index (χ1n) is 6.07. The van der Waals surface area contributed by atoms with Crippen LogP contribution in [0.2, 0.25) is 0 Å². The van der Waals surface area contributed by atoms with Crippen LogP contribution >= 0.6 is 11.8 Å². The number of thioether (sulfide) groups is 1. The summed E-state index contributed by atoms with van der Waals surface area (Å²) in [5.41, 5.74) is 0.748. The Kier molecular flexibility index (Phi) is 4.44. The van der Waals surface area contributed by atoms with E-state index in [4.69, 9.17) is 4.42 Å². The second kappa shape index (κ2) is 6.09. The van der Waals surface area contributed by atoms with Crippen LogP contribution in [-0.2, 0) is 4.79 Å². The Bertz CT molecular complexity index is 595. The largest absolute Gasteiger partial charge is 0.431 e. The number of hydrogen-bond donors (Lipinski definition) is 0. The summed E-state index contributed by atoms with van der Waals surface area (Å²) in [6.07, 6.45) is 1.57. The van der Waals surface area contributed by atoms with E-state index in [1.165, 1.54) is 28.8 Å². The molecule has 0 fully saturated rings. The van der Waals surface area contributed by atoms with Crippen molar-refractivity contribution in [3.05, 3.63) is 36.3 Å². The predicted octanol–water partition coefficient (Wildman–Crippen LogP) is 3.05. The molecule has 2 aromatic rings. The second-order valence-corrected chi connectivity index (χ2v) is 5.78. The van der Waals surface area contributed by atoms with Crippen LogP contribution in [-0.4, -0.2) is 35.1 Å². The molecule has 0 aliphatic rings. The van der Waals surface area contributed by atoms with Crippen LogP contribution in [0.4, 0.5) is 4.39 Å². The summed E-state index contributed by atoms with van der Waals surface area (Å²) >= 11 is 1.26. The zero-order chi connectivity index (χ0) is 14.7. The minimum atomic E-state index is -0.298. The molecule has 6 heteroatoms. The monoisotopic (exact) mass is 294 g/mol. The van der Waals surface area contributed by atoms with Crippen molar-refractivity contribution < 1.29 is 13.6 Å². The highest BCUT2D eigenvalue weighted by Gasteiger charge is 2.19. The lowest BCUT2D eigenvalue weighted by Crippen LogP contribution is -2.29. The van der Waals surface area contributed by atoms with Crippen molar-refractivity contribution in [3.8, 4) is 11.3 Å². The third kappa shape index (κ3) is 3.39. The van der Waals surface area contributed by atoms with Crippen molar-refractivity contribution in [2.45, 2.75) is 17.4 Å². The topological polar surface area (TPSA) is 46.3 Å². The fourth-order valence-corrected chi connectivity index (χ4v) is 2.49. The van der Waals surface area contributed by atoms with Gasteiger partial charge >= 0.3 is 0 Å². The van der Waals surface area contributed by atoms with Crippen LogP contribution < -0.4 is 0 Å². The van der Waals surface area contributed by atoms with Gasteiger partial charge < -0.3 is 9.32 Å². The normalized spacial score (nSPS) is 12.2. The van der Waals surface area contributed by atoms with Gasteiger partial charge in [-0.2, -0.15) is 0 Å². The van der Waals surface area contributed by atoms with Crippen molar-refractivity contribution in [2.75, 3.05) is 14.1 Å². The Morgan fingerprint density at radius 2 is 2.00 bits per heavy atom. The third-order valence-electron chi connectivity index (χ3n) is 2.68. The van der Waals surface area contributed by atoms with Crippen LogP contribution in [0.1, 0.15) is 6.92 Å². The van der Waals surface area contributed by atoms with Crippen molar-refractivity contribution in [1.82, 2.24) is 9.88 Å². The number of carbonyl (C=O) groups is 1. The molecular weight excluding hydrogens is 279 g/mol. The van der Waals surface area contributed by atoms with E-state index >= 15 is 0 Å². The Labute approximate surface area is 121 Å². The molecule has 0 saturated heterocycles. The van der Waals surface area contributed by atoms with Crippen molar-refractivity contribution >= 4 is 17.7 Å². The van der Waals surface area contributed by atoms with Crippen molar-refractivity contribution in [1.29, 1.82) is 0 Å². The molecule has 1 heterocycles. The molecule has 0 spiro atoms. The minimum Gasteiger partial charge on any atom is -0.431 e. The minimum absolute atomic E-state index is 0.00321. The highest BCUT2D eigenvalue weighted by Crippen LogP contribution is 2.28. The number of carbonyl (C=O) groups excluding carboxylic acids is 1. The summed E-state index contributed by atoms with van der Waals surface area (Å²) in [5, 5.41) is 0.150. The molecule has 1 amide bonds. The summed E-state index contributed by atoms with van der Waals surface area (Å²) in [5.74, 6) is 0.251. The number of hydrogen-bond acceptors (Lipinski definition) is 4. The number of amides is 1. The maximum absolute atomic E-state index is 12.9. The molecule has 0 aliphatic carbocycles. The molecular formula is C14H15FN2O2S. The molecule has 106 valence electrons. The fraction of sp³-hybridized carbons (Fsp3) is 0.286.